The molecule has 0 aliphatic rings. The second kappa shape index (κ2) is 5.99. The van der Waals surface area contributed by atoms with E-state index in [-0.39, 0.29) is 10.9 Å². The van der Waals surface area contributed by atoms with Crippen molar-refractivity contribution < 1.29 is 18.3 Å². The van der Waals surface area contributed by atoms with Gasteiger partial charge in [-0.25, -0.2) is 17.9 Å². The van der Waals surface area contributed by atoms with E-state index in [0.717, 1.165) is 6.08 Å². The molecule has 0 bridgehead atoms. The van der Waals surface area contributed by atoms with Gasteiger partial charge in [0, 0.05) is 12.1 Å². The number of carboxylic acid groups (broad SMARTS) is 1. The monoisotopic (exact) mass is 283 g/mol. The Morgan fingerprint density at radius 2 is 2.00 bits per heavy atom. The summed E-state index contributed by atoms with van der Waals surface area (Å²) in [7, 11) is -3.58. The van der Waals surface area contributed by atoms with Gasteiger partial charge in [0.25, 0.3) is 0 Å². The maximum atomic E-state index is 12.1. The Balaban J connectivity index is 3.21. The molecule has 19 heavy (non-hydrogen) atoms. The van der Waals surface area contributed by atoms with Crippen LogP contribution in [0.15, 0.2) is 29.2 Å². The van der Waals surface area contributed by atoms with Gasteiger partial charge in [0.1, 0.15) is 0 Å². The molecule has 104 valence electrons. The van der Waals surface area contributed by atoms with Crippen LogP contribution in [0.3, 0.4) is 0 Å². The maximum absolute atomic E-state index is 12.1. The topological polar surface area (TPSA) is 83.5 Å². The first kappa shape index (κ1) is 15.4. The number of nitrogens with one attached hydrogen (secondary N) is 1. The second-order valence-corrected chi connectivity index (χ2v) is 6.15. The van der Waals surface area contributed by atoms with Crippen molar-refractivity contribution in [3.8, 4) is 0 Å². The Morgan fingerprint density at radius 1 is 1.37 bits per heavy atom. The molecular formula is C13H17NO4S. The number of sulfonamides is 1. The summed E-state index contributed by atoms with van der Waals surface area (Å²) >= 11 is 0. The lowest BCUT2D eigenvalue weighted by molar-refractivity contribution is -0.131. The normalized spacial score (nSPS) is 12.2. The van der Waals surface area contributed by atoms with Crippen molar-refractivity contribution in [1.82, 2.24) is 4.72 Å². The van der Waals surface area contributed by atoms with Crippen LogP contribution in [0, 0.1) is 6.92 Å². The van der Waals surface area contributed by atoms with Crippen LogP contribution < -0.4 is 4.72 Å². The van der Waals surface area contributed by atoms with Gasteiger partial charge in [0.2, 0.25) is 10.0 Å². The summed E-state index contributed by atoms with van der Waals surface area (Å²) in [6.07, 6.45) is 2.33. The van der Waals surface area contributed by atoms with Gasteiger partial charge >= 0.3 is 5.97 Å². The zero-order chi connectivity index (χ0) is 14.6. The maximum Gasteiger partial charge on any atom is 0.328 e. The minimum absolute atomic E-state index is 0.161. The fraction of sp³-hybridized carbons (Fsp3) is 0.308. The number of aryl methyl sites for hydroxylation is 1. The molecule has 0 saturated heterocycles. The Bertz CT molecular complexity index is 603. The summed E-state index contributed by atoms with van der Waals surface area (Å²) < 4.78 is 26.7. The molecule has 0 unspecified atom stereocenters. The molecule has 0 saturated carbocycles. The summed E-state index contributed by atoms with van der Waals surface area (Å²) in [5.41, 5.74) is 1.14. The van der Waals surface area contributed by atoms with E-state index < -0.39 is 16.0 Å². The minimum Gasteiger partial charge on any atom is -0.478 e. The molecule has 0 atom stereocenters. The van der Waals surface area contributed by atoms with Gasteiger partial charge in [-0.3, -0.25) is 0 Å². The Morgan fingerprint density at radius 3 is 2.53 bits per heavy atom. The number of carbonyl (C=O) groups is 1. The molecule has 1 aromatic rings. The predicted octanol–water partition coefficient (Wildman–Crippen LogP) is 1.78. The quantitative estimate of drug-likeness (QED) is 0.807. The molecule has 0 radical (unpaired) electrons. The first-order chi connectivity index (χ1) is 8.72. The van der Waals surface area contributed by atoms with Crippen LogP contribution in [0.5, 0.6) is 0 Å². The van der Waals surface area contributed by atoms with Crippen molar-refractivity contribution in [2.45, 2.75) is 31.7 Å². The molecular weight excluding hydrogens is 266 g/mol. The Labute approximate surface area is 113 Å². The third kappa shape index (κ3) is 4.50. The highest BCUT2D eigenvalue weighted by atomic mass is 32.2. The fourth-order valence-electron chi connectivity index (χ4n) is 1.55. The molecule has 0 spiro atoms. The first-order valence-corrected chi connectivity index (χ1v) is 7.24. The molecule has 1 rings (SSSR count). The van der Waals surface area contributed by atoms with E-state index in [1.54, 1.807) is 32.9 Å². The summed E-state index contributed by atoms with van der Waals surface area (Å²) in [5.74, 6) is -1.08. The second-order valence-electron chi connectivity index (χ2n) is 4.47. The highest BCUT2D eigenvalue weighted by Gasteiger charge is 2.17. The lowest BCUT2D eigenvalue weighted by Crippen LogP contribution is -2.30. The summed E-state index contributed by atoms with van der Waals surface area (Å²) in [5, 5.41) is 8.56. The molecule has 0 fully saturated rings. The van der Waals surface area contributed by atoms with Gasteiger partial charge in [-0.1, -0.05) is 12.1 Å². The van der Waals surface area contributed by atoms with E-state index in [9.17, 15) is 13.2 Å². The number of hydrogen-bond acceptors (Lipinski definition) is 3. The van der Waals surface area contributed by atoms with E-state index in [4.69, 9.17) is 5.11 Å². The van der Waals surface area contributed by atoms with Crippen LogP contribution in [0.25, 0.3) is 6.08 Å². The zero-order valence-electron chi connectivity index (χ0n) is 11.0. The van der Waals surface area contributed by atoms with E-state index in [1.807, 2.05) is 0 Å². The molecule has 0 amide bonds. The zero-order valence-corrected chi connectivity index (χ0v) is 11.9. The smallest absolute Gasteiger partial charge is 0.328 e. The molecule has 0 aliphatic carbocycles. The molecule has 1 aromatic carbocycles. The van der Waals surface area contributed by atoms with Crippen LogP contribution in [0.4, 0.5) is 0 Å². The van der Waals surface area contributed by atoms with Crippen molar-refractivity contribution in [3.05, 3.63) is 35.4 Å². The Hall–Kier alpha value is -1.66. The number of rotatable bonds is 5. The van der Waals surface area contributed by atoms with Gasteiger partial charge in [-0.15, -0.1) is 0 Å². The fourth-order valence-corrected chi connectivity index (χ4v) is 3.08. The lowest BCUT2D eigenvalue weighted by Gasteiger charge is -2.12. The molecule has 0 aliphatic heterocycles. The SMILES string of the molecule is Cc1ccc(C=CC(=O)O)cc1S(=O)(=O)NC(C)C. The third-order valence-corrected chi connectivity index (χ3v) is 4.11. The third-order valence-electron chi connectivity index (χ3n) is 2.31. The Kier molecular flexibility index (Phi) is 4.85. The van der Waals surface area contributed by atoms with Crippen molar-refractivity contribution in [2.24, 2.45) is 0 Å². The average molecular weight is 283 g/mol. The van der Waals surface area contributed by atoms with Gasteiger partial charge in [0.05, 0.1) is 4.90 Å². The largest absolute Gasteiger partial charge is 0.478 e. The van der Waals surface area contributed by atoms with Crippen LogP contribution in [0.2, 0.25) is 0 Å². The summed E-state index contributed by atoms with van der Waals surface area (Å²) in [6.45, 7) is 5.17. The van der Waals surface area contributed by atoms with E-state index in [0.29, 0.717) is 11.1 Å². The van der Waals surface area contributed by atoms with E-state index >= 15 is 0 Å². The summed E-state index contributed by atoms with van der Waals surface area (Å²) in [6, 6.07) is 4.57. The molecule has 2 N–H and O–H groups in total. The minimum atomic E-state index is -3.58. The lowest BCUT2D eigenvalue weighted by atomic mass is 10.1. The van der Waals surface area contributed by atoms with Crippen LogP contribution in [-0.4, -0.2) is 25.5 Å². The molecule has 0 heterocycles. The molecule has 5 nitrogen and oxygen atoms in total. The average Bonchev–Trinajstić information content (AvgIpc) is 2.25. The van der Waals surface area contributed by atoms with Crippen molar-refractivity contribution in [2.75, 3.05) is 0 Å². The van der Waals surface area contributed by atoms with Gasteiger partial charge in [0.15, 0.2) is 0 Å². The number of benzene rings is 1. The van der Waals surface area contributed by atoms with Crippen molar-refractivity contribution in [1.29, 1.82) is 0 Å². The van der Waals surface area contributed by atoms with Crippen molar-refractivity contribution >= 4 is 22.1 Å². The van der Waals surface area contributed by atoms with Crippen molar-refractivity contribution in [3.63, 3.8) is 0 Å². The highest BCUT2D eigenvalue weighted by Crippen LogP contribution is 2.18. The van der Waals surface area contributed by atoms with Crippen LogP contribution >= 0.6 is 0 Å². The van der Waals surface area contributed by atoms with Crippen LogP contribution in [0.1, 0.15) is 25.0 Å². The summed E-state index contributed by atoms with van der Waals surface area (Å²) in [4.78, 5) is 10.6. The molecule has 6 heteroatoms. The van der Waals surface area contributed by atoms with Gasteiger partial charge in [-0.2, -0.15) is 0 Å². The number of hydrogen-bond donors (Lipinski definition) is 2. The van der Waals surface area contributed by atoms with E-state index in [1.165, 1.54) is 12.1 Å². The highest BCUT2D eigenvalue weighted by molar-refractivity contribution is 7.89. The van der Waals surface area contributed by atoms with Gasteiger partial charge < -0.3 is 5.11 Å². The van der Waals surface area contributed by atoms with E-state index in [2.05, 4.69) is 4.72 Å². The predicted molar refractivity (Wildman–Crippen MR) is 73.3 cm³/mol. The number of carboxylic acids is 1. The molecule has 0 aromatic heterocycles. The first-order valence-electron chi connectivity index (χ1n) is 5.76. The van der Waals surface area contributed by atoms with Gasteiger partial charge in [-0.05, 0) is 44.0 Å². The number of aliphatic carboxylic acids is 1. The van der Waals surface area contributed by atoms with Crippen LogP contribution in [-0.2, 0) is 14.8 Å². The standard InChI is InChI=1S/C13H17NO4S/c1-9(2)14-19(17,18)12-8-11(5-4-10(12)3)6-7-13(15)16/h4-9,14H,1-3H3,(H,15,16).